The minimum absolute atomic E-state index is 0.0416. The lowest BCUT2D eigenvalue weighted by atomic mass is 9.63. The largest absolute Gasteiger partial charge is 0.438 e. The Morgan fingerprint density at radius 2 is 1.50 bits per heavy atom. The van der Waals surface area contributed by atoms with Gasteiger partial charge >= 0.3 is 18.0 Å². The zero-order chi connectivity index (χ0) is 25.0. The smallest absolute Gasteiger partial charge is 0.393 e. The molecule has 4 atom stereocenters. The third-order valence-corrected chi connectivity index (χ3v) is 7.00. The number of hydrogen-bond donors (Lipinski definition) is 3. The van der Waals surface area contributed by atoms with Crippen LogP contribution in [0.3, 0.4) is 0 Å². The highest BCUT2D eigenvalue weighted by atomic mass is 19.4. The molecule has 2 saturated carbocycles. The lowest BCUT2D eigenvalue weighted by Gasteiger charge is -2.43. The zero-order valence-corrected chi connectivity index (χ0v) is 19.2. The fourth-order valence-electron chi connectivity index (χ4n) is 5.16. The third kappa shape index (κ3) is 7.01. The molecule has 0 bridgehead atoms. The summed E-state index contributed by atoms with van der Waals surface area (Å²) in [6.45, 7) is 6.99. The summed E-state index contributed by atoms with van der Waals surface area (Å²) in [4.78, 5) is 0. The van der Waals surface area contributed by atoms with Crippen LogP contribution < -0.4 is 0 Å². The summed E-state index contributed by atoms with van der Waals surface area (Å²) in [7, 11) is 0. The number of fused-ring (bicyclic) bond motifs is 1. The molecular formula is C23H36F6O3. The van der Waals surface area contributed by atoms with Crippen molar-refractivity contribution in [2.45, 2.75) is 115 Å². The first kappa shape index (κ1) is 29.1. The SMILES string of the molecule is CC#CC(O)(C(F)(F)F)C(F)(F)F.CC(C)(O)CCCCC1CCC2C(O)CCCC12C. The van der Waals surface area contributed by atoms with Gasteiger partial charge in [0.25, 0.3) is 0 Å². The first-order valence-electron chi connectivity index (χ1n) is 11.1. The number of halogens is 6. The summed E-state index contributed by atoms with van der Waals surface area (Å²) < 4.78 is 70.3. The van der Waals surface area contributed by atoms with E-state index in [9.17, 15) is 36.6 Å². The van der Waals surface area contributed by atoms with Crippen LogP contribution in [0.5, 0.6) is 0 Å². The lowest BCUT2D eigenvalue weighted by molar-refractivity contribution is -0.343. The quantitative estimate of drug-likeness (QED) is 0.270. The maximum atomic E-state index is 11.7. The van der Waals surface area contributed by atoms with Gasteiger partial charge in [0.15, 0.2) is 0 Å². The Labute approximate surface area is 186 Å². The summed E-state index contributed by atoms with van der Waals surface area (Å²) in [5.74, 6) is 3.43. The molecular weight excluding hydrogens is 438 g/mol. The molecule has 2 fully saturated rings. The fraction of sp³-hybridized carbons (Fsp3) is 0.913. The Kier molecular flexibility index (Phi) is 9.55. The van der Waals surface area contributed by atoms with Crippen molar-refractivity contribution in [2.75, 3.05) is 0 Å². The van der Waals surface area contributed by atoms with Crippen LogP contribution in [0, 0.1) is 29.1 Å². The highest BCUT2D eigenvalue weighted by molar-refractivity contribution is 5.19. The van der Waals surface area contributed by atoms with Gasteiger partial charge in [-0.05, 0) is 82.5 Å². The van der Waals surface area contributed by atoms with Gasteiger partial charge in [-0.25, -0.2) is 0 Å². The Morgan fingerprint density at radius 3 is 1.94 bits per heavy atom. The molecule has 32 heavy (non-hydrogen) atoms. The topological polar surface area (TPSA) is 60.7 Å². The second-order valence-corrected chi connectivity index (χ2v) is 9.99. The maximum Gasteiger partial charge on any atom is 0.438 e. The van der Waals surface area contributed by atoms with E-state index in [1.165, 1.54) is 44.4 Å². The first-order chi connectivity index (χ1) is 14.4. The molecule has 0 amide bonds. The van der Waals surface area contributed by atoms with Gasteiger partial charge in [-0.1, -0.05) is 26.2 Å². The highest BCUT2D eigenvalue weighted by Crippen LogP contribution is 2.56. The molecule has 4 unspecified atom stereocenters. The van der Waals surface area contributed by atoms with E-state index in [0.717, 1.165) is 32.1 Å². The summed E-state index contributed by atoms with van der Waals surface area (Å²) in [6.07, 6.45) is -1.13. The molecule has 2 rings (SSSR count). The average molecular weight is 475 g/mol. The lowest BCUT2D eigenvalue weighted by Crippen LogP contribution is -2.55. The molecule has 0 radical (unpaired) electrons. The van der Waals surface area contributed by atoms with Gasteiger partial charge < -0.3 is 15.3 Å². The standard InChI is InChI=1S/C17H32O2.C6H4F6O/c1-16(2,19)11-5-4-7-13-9-10-14-15(18)8-6-12-17(13,14)3;1-2-3-4(13,5(7,8)9)6(10,11)12/h13-15,18-19H,4-12H2,1-3H3;13H,1H3. The molecule has 0 spiro atoms. The minimum atomic E-state index is -5.85. The molecule has 0 aromatic rings. The van der Waals surface area contributed by atoms with Crippen LogP contribution in [0.4, 0.5) is 26.3 Å². The molecule has 0 heterocycles. The molecule has 3 N–H and O–H groups in total. The minimum Gasteiger partial charge on any atom is -0.393 e. The van der Waals surface area contributed by atoms with Crippen LogP contribution in [0.2, 0.25) is 0 Å². The van der Waals surface area contributed by atoms with E-state index in [1.54, 1.807) is 0 Å². The number of aliphatic hydroxyl groups excluding tert-OH is 1. The van der Waals surface area contributed by atoms with Gasteiger partial charge in [-0.15, -0.1) is 5.92 Å². The normalized spacial score (nSPS) is 28.8. The van der Waals surface area contributed by atoms with Crippen LogP contribution in [0.25, 0.3) is 0 Å². The molecule has 9 heteroatoms. The van der Waals surface area contributed by atoms with Crippen LogP contribution in [0.15, 0.2) is 0 Å². The van der Waals surface area contributed by atoms with Gasteiger partial charge in [0.05, 0.1) is 11.7 Å². The number of alkyl halides is 6. The Bertz CT molecular complexity index is 642. The summed E-state index contributed by atoms with van der Waals surface area (Å²) in [5, 5.41) is 28.2. The van der Waals surface area contributed by atoms with Gasteiger partial charge in [-0.2, -0.15) is 26.3 Å². The first-order valence-corrected chi connectivity index (χ1v) is 11.1. The van der Waals surface area contributed by atoms with E-state index in [2.05, 4.69) is 6.92 Å². The molecule has 0 aromatic carbocycles. The second-order valence-electron chi connectivity index (χ2n) is 9.99. The van der Waals surface area contributed by atoms with Crippen molar-refractivity contribution >= 4 is 0 Å². The highest BCUT2D eigenvalue weighted by Gasteiger charge is 2.70. The summed E-state index contributed by atoms with van der Waals surface area (Å²) >= 11 is 0. The van der Waals surface area contributed by atoms with E-state index in [1.807, 2.05) is 13.8 Å². The summed E-state index contributed by atoms with van der Waals surface area (Å²) in [6, 6.07) is 0. The molecule has 188 valence electrons. The maximum absolute atomic E-state index is 11.7. The predicted molar refractivity (Wildman–Crippen MR) is 109 cm³/mol. The molecule has 0 saturated heterocycles. The van der Waals surface area contributed by atoms with E-state index in [4.69, 9.17) is 5.11 Å². The van der Waals surface area contributed by atoms with Crippen molar-refractivity contribution in [1.82, 2.24) is 0 Å². The Hall–Kier alpha value is -0.980. The van der Waals surface area contributed by atoms with Crippen LogP contribution in [-0.4, -0.2) is 45.0 Å². The Balaban J connectivity index is 0.000000347. The van der Waals surface area contributed by atoms with E-state index in [-0.39, 0.29) is 6.10 Å². The molecule has 3 nitrogen and oxygen atoms in total. The molecule has 0 aromatic heterocycles. The zero-order valence-electron chi connectivity index (χ0n) is 19.2. The van der Waals surface area contributed by atoms with Gasteiger partial charge in [0.2, 0.25) is 0 Å². The number of unbranched alkanes of at least 4 members (excludes halogenated alkanes) is 1. The van der Waals surface area contributed by atoms with Crippen molar-refractivity contribution < 1.29 is 41.7 Å². The van der Waals surface area contributed by atoms with Gasteiger partial charge in [0.1, 0.15) is 0 Å². The molecule has 0 aliphatic heterocycles. The average Bonchev–Trinajstić information content (AvgIpc) is 2.94. The van der Waals surface area contributed by atoms with Gasteiger partial charge in [0, 0.05) is 0 Å². The number of aliphatic hydroxyl groups is 3. The van der Waals surface area contributed by atoms with Crippen molar-refractivity contribution in [1.29, 1.82) is 0 Å². The Morgan fingerprint density at radius 1 is 0.938 bits per heavy atom. The molecule has 2 aliphatic rings. The van der Waals surface area contributed by atoms with Crippen LogP contribution in [-0.2, 0) is 0 Å². The van der Waals surface area contributed by atoms with E-state index in [0.29, 0.717) is 17.3 Å². The second kappa shape index (κ2) is 10.5. The molecule has 2 aliphatic carbocycles. The van der Waals surface area contributed by atoms with Crippen molar-refractivity contribution in [3.8, 4) is 11.8 Å². The van der Waals surface area contributed by atoms with Crippen molar-refractivity contribution in [2.24, 2.45) is 17.3 Å². The van der Waals surface area contributed by atoms with Crippen molar-refractivity contribution in [3.05, 3.63) is 0 Å². The van der Waals surface area contributed by atoms with Gasteiger partial charge in [-0.3, -0.25) is 0 Å². The number of hydrogen-bond acceptors (Lipinski definition) is 3. The summed E-state index contributed by atoms with van der Waals surface area (Å²) in [5.41, 5.74) is -5.05. The van der Waals surface area contributed by atoms with Crippen molar-refractivity contribution in [3.63, 3.8) is 0 Å². The third-order valence-electron chi connectivity index (χ3n) is 7.00. The van der Waals surface area contributed by atoms with E-state index < -0.39 is 23.6 Å². The van der Waals surface area contributed by atoms with Crippen LogP contribution in [0.1, 0.15) is 85.5 Å². The van der Waals surface area contributed by atoms with E-state index >= 15 is 0 Å². The van der Waals surface area contributed by atoms with Crippen LogP contribution >= 0.6 is 0 Å². The fourth-order valence-corrected chi connectivity index (χ4v) is 5.16. The number of rotatable bonds is 5. The monoisotopic (exact) mass is 474 g/mol. The predicted octanol–water partition coefficient (Wildman–Crippen LogP) is 5.76.